The van der Waals surface area contributed by atoms with Crippen molar-refractivity contribution < 1.29 is 4.74 Å². The number of aromatic nitrogens is 1. The summed E-state index contributed by atoms with van der Waals surface area (Å²) >= 11 is 3.47. The molecule has 1 heterocycles. The van der Waals surface area contributed by atoms with Gasteiger partial charge in [0.2, 0.25) is 0 Å². The maximum absolute atomic E-state index is 5.67. The van der Waals surface area contributed by atoms with Gasteiger partial charge in [0, 0.05) is 11.9 Å². The lowest BCUT2D eigenvalue weighted by Gasteiger charge is -2.08. The normalized spacial score (nSPS) is 10.2. The fourth-order valence-electron chi connectivity index (χ4n) is 1.45. The SMILES string of the molecule is Cc1ccc(OCc2cc(N)ccn2)c(Br)c1. The highest BCUT2D eigenvalue weighted by Crippen LogP contribution is 2.26. The minimum Gasteiger partial charge on any atom is -0.486 e. The van der Waals surface area contributed by atoms with Gasteiger partial charge in [-0.1, -0.05) is 6.07 Å². The first-order valence-corrected chi connectivity index (χ1v) is 6.04. The predicted octanol–water partition coefficient (Wildman–Crippen LogP) is 3.31. The third-order valence-corrected chi connectivity index (χ3v) is 2.92. The van der Waals surface area contributed by atoms with Crippen molar-refractivity contribution in [1.82, 2.24) is 4.98 Å². The predicted molar refractivity (Wildman–Crippen MR) is 71.9 cm³/mol. The zero-order valence-corrected chi connectivity index (χ0v) is 11.1. The van der Waals surface area contributed by atoms with Gasteiger partial charge in [0.1, 0.15) is 12.4 Å². The number of rotatable bonds is 3. The molecular weight excluding hydrogens is 280 g/mol. The summed E-state index contributed by atoms with van der Waals surface area (Å²) in [5.74, 6) is 0.805. The number of aryl methyl sites for hydroxylation is 1. The summed E-state index contributed by atoms with van der Waals surface area (Å²) in [4.78, 5) is 4.18. The molecule has 0 amide bonds. The van der Waals surface area contributed by atoms with E-state index in [0.717, 1.165) is 15.9 Å². The van der Waals surface area contributed by atoms with E-state index in [-0.39, 0.29) is 0 Å². The minimum absolute atomic E-state index is 0.409. The summed E-state index contributed by atoms with van der Waals surface area (Å²) in [6, 6.07) is 9.52. The van der Waals surface area contributed by atoms with Crippen molar-refractivity contribution in [2.75, 3.05) is 5.73 Å². The molecule has 0 aliphatic rings. The Bertz CT molecular complexity index is 529. The number of halogens is 1. The summed E-state index contributed by atoms with van der Waals surface area (Å²) < 4.78 is 6.61. The first-order chi connectivity index (χ1) is 8.15. The van der Waals surface area contributed by atoms with Crippen molar-refractivity contribution in [1.29, 1.82) is 0 Å². The molecule has 0 unspecified atom stereocenters. The molecule has 0 aliphatic carbocycles. The van der Waals surface area contributed by atoms with Gasteiger partial charge < -0.3 is 10.5 Å². The molecule has 0 saturated heterocycles. The quantitative estimate of drug-likeness (QED) is 0.944. The molecule has 0 saturated carbocycles. The number of pyridine rings is 1. The molecule has 0 spiro atoms. The van der Waals surface area contributed by atoms with E-state index in [4.69, 9.17) is 10.5 Å². The lowest BCUT2D eigenvalue weighted by molar-refractivity contribution is 0.299. The molecule has 0 bridgehead atoms. The van der Waals surface area contributed by atoms with Crippen LogP contribution in [-0.2, 0) is 6.61 Å². The highest BCUT2D eigenvalue weighted by atomic mass is 79.9. The molecule has 0 radical (unpaired) electrons. The maximum atomic E-state index is 5.67. The third kappa shape index (κ3) is 3.20. The minimum atomic E-state index is 0.409. The molecule has 2 N–H and O–H groups in total. The Morgan fingerprint density at radius 1 is 1.29 bits per heavy atom. The molecule has 3 nitrogen and oxygen atoms in total. The number of nitrogens with two attached hydrogens (primary N) is 1. The third-order valence-electron chi connectivity index (χ3n) is 2.30. The highest BCUT2D eigenvalue weighted by Gasteiger charge is 2.02. The monoisotopic (exact) mass is 292 g/mol. The molecule has 0 aliphatic heterocycles. The number of anilines is 1. The number of nitrogen functional groups attached to an aromatic ring is 1. The summed E-state index contributed by atoms with van der Waals surface area (Å²) in [5, 5.41) is 0. The van der Waals surface area contributed by atoms with Gasteiger partial charge in [0.15, 0.2) is 0 Å². The zero-order valence-electron chi connectivity index (χ0n) is 9.48. The number of ether oxygens (including phenoxy) is 1. The van der Waals surface area contributed by atoms with Gasteiger partial charge in [-0.15, -0.1) is 0 Å². The average molecular weight is 293 g/mol. The Hall–Kier alpha value is -1.55. The van der Waals surface area contributed by atoms with Crippen LogP contribution < -0.4 is 10.5 Å². The van der Waals surface area contributed by atoms with E-state index in [9.17, 15) is 0 Å². The van der Waals surface area contributed by atoms with Crippen molar-refractivity contribution >= 4 is 21.6 Å². The van der Waals surface area contributed by atoms with Gasteiger partial charge in [-0.3, -0.25) is 4.98 Å². The molecule has 4 heteroatoms. The number of benzene rings is 1. The van der Waals surface area contributed by atoms with Crippen LogP contribution in [0, 0.1) is 6.92 Å². The fourth-order valence-corrected chi connectivity index (χ4v) is 2.06. The number of nitrogens with zero attached hydrogens (tertiary/aromatic N) is 1. The summed E-state index contributed by atoms with van der Waals surface area (Å²) in [6.45, 7) is 2.45. The largest absolute Gasteiger partial charge is 0.486 e. The van der Waals surface area contributed by atoms with Crippen LogP contribution in [0.1, 0.15) is 11.3 Å². The van der Waals surface area contributed by atoms with E-state index in [1.54, 1.807) is 12.3 Å². The Balaban J connectivity index is 2.07. The second kappa shape index (κ2) is 5.19. The second-order valence-corrected chi connectivity index (χ2v) is 4.66. The number of hydrogen-bond donors (Lipinski definition) is 1. The molecule has 2 aromatic rings. The summed E-state index contributed by atoms with van der Waals surface area (Å²) in [6.07, 6.45) is 1.68. The van der Waals surface area contributed by atoms with Crippen molar-refractivity contribution in [2.45, 2.75) is 13.5 Å². The average Bonchev–Trinajstić information content (AvgIpc) is 2.28. The van der Waals surface area contributed by atoms with Gasteiger partial charge in [-0.2, -0.15) is 0 Å². The molecule has 1 aromatic carbocycles. The van der Waals surface area contributed by atoms with Crippen LogP contribution >= 0.6 is 15.9 Å². The molecule has 17 heavy (non-hydrogen) atoms. The van der Waals surface area contributed by atoms with Crippen LogP contribution in [0.4, 0.5) is 5.69 Å². The van der Waals surface area contributed by atoms with Crippen LogP contribution in [0.3, 0.4) is 0 Å². The van der Waals surface area contributed by atoms with Crippen LogP contribution in [-0.4, -0.2) is 4.98 Å². The lowest BCUT2D eigenvalue weighted by Crippen LogP contribution is -1.99. The molecule has 88 valence electrons. The zero-order chi connectivity index (χ0) is 12.3. The van der Waals surface area contributed by atoms with Gasteiger partial charge in [0.25, 0.3) is 0 Å². The molecular formula is C13H13BrN2O. The van der Waals surface area contributed by atoms with Crippen LogP contribution in [0.5, 0.6) is 5.75 Å². The van der Waals surface area contributed by atoms with Gasteiger partial charge in [-0.25, -0.2) is 0 Å². The van der Waals surface area contributed by atoms with E-state index in [1.807, 2.05) is 31.2 Å². The second-order valence-electron chi connectivity index (χ2n) is 3.80. The van der Waals surface area contributed by atoms with E-state index >= 15 is 0 Å². The Morgan fingerprint density at radius 2 is 2.12 bits per heavy atom. The maximum Gasteiger partial charge on any atom is 0.134 e. The van der Waals surface area contributed by atoms with Crippen LogP contribution in [0.25, 0.3) is 0 Å². The van der Waals surface area contributed by atoms with Crippen molar-refractivity contribution in [3.8, 4) is 5.75 Å². The molecule has 1 aromatic heterocycles. The van der Waals surface area contributed by atoms with Crippen LogP contribution in [0.15, 0.2) is 41.0 Å². The molecule has 0 fully saturated rings. The molecule has 0 atom stereocenters. The van der Waals surface area contributed by atoms with Crippen molar-refractivity contribution in [2.24, 2.45) is 0 Å². The van der Waals surface area contributed by atoms with Gasteiger partial charge in [-0.05, 0) is 52.7 Å². The van der Waals surface area contributed by atoms with E-state index in [1.165, 1.54) is 5.56 Å². The lowest BCUT2D eigenvalue weighted by atomic mass is 10.2. The van der Waals surface area contributed by atoms with E-state index in [0.29, 0.717) is 12.3 Å². The topological polar surface area (TPSA) is 48.1 Å². The van der Waals surface area contributed by atoms with Crippen molar-refractivity contribution in [3.05, 3.63) is 52.3 Å². The van der Waals surface area contributed by atoms with Gasteiger partial charge in [0.05, 0.1) is 10.2 Å². The van der Waals surface area contributed by atoms with Gasteiger partial charge >= 0.3 is 0 Å². The van der Waals surface area contributed by atoms with E-state index < -0.39 is 0 Å². The van der Waals surface area contributed by atoms with Crippen LogP contribution in [0.2, 0.25) is 0 Å². The Morgan fingerprint density at radius 3 is 2.82 bits per heavy atom. The molecule has 2 rings (SSSR count). The fraction of sp³-hybridized carbons (Fsp3) is 0.154. The van der Waals surface area contributed by atoms with E-state index in [2.05, 4.69) is 20.9 Å². The first kappa shape index (κ1) is 11.9. The number of hydrogen-bond acceptors (Lipinski definition) is 3. The summed E-state index contributed by atoms with van der Waals surface area (Å²) in [7, 11) is 0. The smallest absolute Gasteiger partial charge is 0.134 e. The van der Waals surface area contributed by atoms with Crippen molar-refractivity contribution in [3.63, 3.8) is 0 Å². The summed E-state index contributed by atoms with van der Waals surface area (Å²) in [5.41, 5.74) is 8.37. The first-order valence-electron chi connectivity index (χ1n) is 5.24. The standard InChI is InChI=1S/C13H13BrN2O/c1-9-2-3-13(12(14)6-9)17-8-11-7-10(15)4-5-16-11/h2-7H,8H2,1H3,(H2,15,16). The Kier molecular flexibility index (Phi) is 3.64. The Labute approximate surface area is 109 Å². The highest BCUT2D eigenvalue weighted by molar-refractivity contribution is 9.10.